The third kappa shape index (κ3) is 2.47. The zero-order valence-corrected chi connectivity index (χ0v) is 11.6. The summed E-state index contributed by atoms with van der Waals surface area (Å²) in [5.41, 5.74) is 0.195. The van der Waals surface area contributed by atoms with Crippen molar-refractivity contribution in [2.75, 3.05) is 6.54 Å². The van der Waals surface area contributed by atoms with Crippen LogP contribution in [0, 0.1) is 9.39 Å². The molecule has 1 aromatic carbocycles. The number of aliphatic carboxylic acids is 1. The molecule has 1 aromatic rings. The van der Waals surface area contributed by atoms with Gasteiger partial charge < -0.3 is 10.0 Å². The van der Waals surface area contributed by atoms with Gasteiger partial charge in [-0.1, -0.05) is 0 Å². The molecule has 1 saturated heterocycles. The molecule has 18 heavy (non-hydrogen) atoms. The summed E-state index contributed by atoms with van der Waals surface area (Å²) in [4.78, 5) is 24.4. The van der Waals surface area contributed by atoms with Crippen LogP contribution in [0.15, 0.2) is 18.2 Å². The lowest BCUT2D eigenvalue weighted by molar-refractivity contribution is -0.141. The van der Waals surface area contributed by atoms with Gasteiger partial charge in [0, 0.05) is 15.7 Å². The van der Waals surface area contributed by atoms with E-state index in [1.54, 1.807) is 0 Å². The smallest absolute Gasteiger partial charge is 0.326 e. The predicted molar refractivity (Wildman–Crippen MR) is 70.8 cm³/mol. The molecular formula is C12H11FINO3. The summed E-state index contributed by atoms with van der Waals surface area (Å²) in [7, 11) is 0. The molecule has 6 heteroatoms. The Morgan fingerprint density at radius 2 is 2.17 bits per heavy atom. The van der Waals surface area contributed by atoms with Crippen molar-refractivity contribution in [2.45, 2.75) is 18.9 Å². The summed E-state index contributed by atoms with van der Waals surface area (Å²) in [6, 6.07) is 3.39. The van der Waals surface area contributed by atoms with Crippen LogP contribution in [-0.2, 0) is 4.79 Å². The van der Waals surface area contributed by atoms with E-state index in [1.165, 1.54) is 17.0 Å². The van der Waals surface area contributed by atoms with Crippen LogP contribution in [0.25, 0.3) is 0 Å². The van der Waals surface area contributed by atoms with Crippen LogP contribution in [0.2, 0.25) is 0 Å². The summed E-state index contributed by atoms with van der Waals surface area (Å²) in [5.74, 6) is -1.89. The fourth-order valence-electron chi connectivity index (χ4n) is 2.06. The van der Waals surface area contributed by atoms with Crippen molar-refractivity contribution in [3.05, 3.63) is 33.1 Å². The number of likely N-dealkylation sites (tertiary alicyclic amines) is 1. The van der Waals surface area contributed by atoms with Crippen molar-refractivity contribution >= 4 is 34.5 Å². The first-order valence-corrected chi connectivity index (χ1v) is 6.57. The molecule has 4 nitrogen and oxygen atoms in total. The molecule has 1 N–H and O–H groups in total. The predicted octanol–water partition coefficient (Wildman–Crippen LogP) is 2.12. The maximum Gasteiger partial charge on any atom is 0.326 e. The largest absolute Gasteiger partial charge is 0.480 e. The lowest BCUT2D eigenvalue weighted by Gasteiger charge is -2.21. The van der Waals surface area contributed by atoms with Gasteiger partial charge >= 0.3 is 5.97 Å². The highest BCUT2D eigenvalue weighted by Gasteiger charge is 2.34. The van der Waals surface area contributed by atoms with Crippen molar-refractivity contribution in [2.24, 2.45) is 0 Å². The van der Waals surface area contributed by atoms with Crippen LogP contribution in [0.4, 0.5) is 4.39 Å². The number of carboxylic acids is 1. The van der Waals surface area contributed by atoms with Crippen LogP contribution in [0.5, 0.6) is 0 Å². The molecule has 0 spiro atoms. The first-order chi connectivity index (χ1) is 8.50. The Hall–Kier alpha value is -1.18. The molecule has 0 bridgehead atoms. The van der Waals surface area contributed by atoms with Crippen molar-refractivity contribution in [3.63, 3.8) is 0 Å². The number of carboxylic acid groups (broad SMARTS) is 1. The van der Waals surface area contributed by atoms with Crippen molar-refractivity contribution in [1.29, 1.82) is 0 Å². The number of nitrogens with zero attached hydrogens (tertiary/aromatic N) is 1. The summed E-state index contributed by atoms with van der Waals surface area (Å²) in [6.45, 7) is 0.406. The number of carbonyl (C=O) groups is 2. The minimum Gasteiger partial charge on any atom is -0.480 e. The summed E-state index contributed by atoms with van der Waals surface area (Å²) >= 11 is 1.83. The molecule has 1 atom stereocenters. The van der Waals surface area contributed by atoms with Gasteiger partial charge in [-0.15, -0.1) is 0 Å². The second kappa shape index (κ2) is 5.21. The van der Waals surface area contributed by atoms with E-state index in [9.17, 15) is 14.0 Å². The normalized spacial score (nSPS) is 19.0. The first kappa shape index (κ1) is 13.3. The number of hydrogen-bond acceptors (Lipinski definition) is 2. The van der Waals surface area contributed by atoms with Gasteiger partial charge in [-0.3, -0.25) is 4.79 Å². The number of amides is 1. The van der Waals surface area contributed by atoms with Crippen molar-refractivity contribution in [1.82, 2.24) is 4.90 Å². The number of benzene rings is 1. The van der Waals surface area contributed by atoms with Gasteiger partial charge in [-0.25, -0.2) is 9.18 Å². The Labute approximate surface area is 117 Å². The van der Waals surface area contributed by atoms with Gasteiger partial charge in [0.1, 0.15) is 11.9 Å². The molecule has 1 unspecified atom stereocenters. The fourth-order valence-corrected chi connectivity index (χ4v) is 2.40. The zero-order chi connectivity index (χ0) is 13.3. The topological polar surface area (TPSA) is 57.6 Å². The first-order valence-electron chi connectivity index (χ1n) is 5.49. The fraction of sp³-hybridized carbons (Fsp3) is 0.333. The molecule has 0 saturated carbocycles. The summed E-state index contributed by atoms with van der Waals surface area (Å²) in [6.07, 6.45) is 1.11. The lowest BCUT2D eigenvalue weighted by atomic mass is 10.1. The number of rotatable bonds is 2. The minimum atomic E-state index is -1.01. The van der Waals surface area contributed by atoms with Gasteiger partial charge in [0.2, 0.25) is 0 Å². The Bertz CT molecular complexity index is 506. The highest BCUT2D eigenvalue weighted by atomic mass is 127. The Balaban J connectivity index is 2.25. The summed E-state index contributed by atoms with van der Waals surface area (Å²) in [5, 5.41) is 9.01. The molecule has 2 rings (SSSR count). The van der Waals surface area contributed by atoms with Crippen LogP contribution in [0.3, 0.4) is 0 Å². The van der Waals surface area contributed by atoms with E-state index in [-0.39, 0.29) is 5.56 Å². The van der Waals surface area contributed by atoms with E-state index in [1.807, 2.05) is 22.6 Å². The van der Waals surface area contributed by atoms with Gasteiger partial charge in [-0.05, 0) is 53.6 Å². The van der Waals surface area contributed by atoms with Gasteiger partial charge in [0.05, 0.1) is 0 Å². The van der Waals surface area contributed by atoms with Crippen molar-refractivity contribution in [3.8, 4) is 0 Å². The average Bonchev–Trinajstić information content (AvgIpc) is 2.81. The SMILES string of the molecule is O=C(O)C1CCCN1C(=O)c1ccc(I)c(F)c1. The molecule has 0 aromatic heterocycles. The maximum absolute atomic E-state index is 13.4. The van der Waals surface area contributed by atoms with E-state index in [0.717, 1.165) is 6.07 Å². The Morgan fingerprint density at radius 3 is 2.78 bits per heavy atom. The second-order valence-corrected chi connectivity index (χ2v) is 5.29. The standard InChI is InChI=1S/C12H11FINO3/c13-8-6-7(3-4-9(8)14)11(16)15-5-1-2-10(15)12(17)18/h3-4,6,10H,1-2,5H2,(H,17,18). The molecule has 1 aliphatic rings. The maximum atomic E-state index is 13.4. The highest BCUT2D eigenvalue weighted by molar-refractivity contribution is 14.1. The minimum absolute atomic E-state index is 0.195. The average molecular weight is 363 g/mol. The third-order valence-corrected chi connectivity index (χ3v) is 3.84. The van der Waals surface area contributed by atoms with Gasteiger partial charge in [0.25, 0.3) is 5.91 Å². The molecule has 96 valence electrons. The quantitative estimate of drug-likeness (QED) is 0.819. The molecule has 0 aliphatic carbocycles. The van der Waals surface area contributed by atoms with Crippen LogP contribution < -0.4 is 0 Å². The lowest BCUT2D eigenvalue weighted by Crippen LogP contribution is -2.40. The monoisotopic (exact) mass is 363 g/mol. The Morgan fingerprint density at radius 1 is 1.44 bits per heavy atom. The molecule has 0 radical (unpaired) electrons. The van der Waals surface area contributed by atoms with E-state index in [4.69, 9.17) is 5.11 Å². The third-order valence-electron chi connectivity index (χ3n) is 2.97. The Kier molecular flexibility index (Phi) is 3.84. The van der Waals surface area contributed by atoms with E-state index in [2.05, 4.69) is 0 Å². The highest BCUT2D eigenvalue weighted by Crippen LogP contribution is 2.21. The second-order valence-electron chi connectivity index (χ2n) is 4.12. The summed E-state index contributed by atoms with van der Waals surface area (Å²) < 4.78 is 13.8. The van der Waals surface area contributed by atoms with Crippen molar-refractivity contribution < 1.29 is 19.1 Å². The zero-order valence-electron chi connectivity index (χ0n) is 9.40. The number of carbonyl (C=O) groups excluding carboxylic acids is 1. The van der Waals surface area contributed by atoms with E-state index >= 15 is 0 Å². The van der Waals surface area contributed by atoms with Crippen LogP contribution in [-0.4, -0.2) is 34.5 Å². The molecular weight excluding hydrogens is 352 g/mol. The number of halogens is 2. The van der Waals surface area contributed by atoms with E-state index in [0.29, 0.717) is 23.0 Å². The molecule has 1 fully saturated rings. The number of hydrogen-bond donors (Lipinski definition) is 1. The molecule has 1 aliphatic heterocycles. The van der Waals surface area contributed by atoms with Gasteiger partial charge in [0.15, 0.2) is 0 Å². The molecule has 1 heterocycles. The molecule has 1 amide bonds. The van der Waals surface area contributed by atoms with Gasteiger partial charge in [-0.2, -0.15) is 0 Å². The van der Waals surface area contributed by atoms with E-state index < -0.39 is 23.7 Å². The van der Waals surface area contributed by atoms with Crippen LogP contribution in [0.1, 0.15) is 23.2 Å². The van der Waals surface area contributed by atoms with Crippen LogP contribution >= 0.6 is 22.6 Å².